The molecule has 0 radical (unpaired) electrons. The topological polar surface area (TPSA) is 66.9 Å². The molecule has 24 heavy (non-hydrogen) atoms. The summed E-state index contributed by atoms with van der Waals surface area (Å²) in [7, 11) is 1.13. The summed E-state index contributed by atoms with van der Waals surface area (Å²) in [5.74, 6) is 0.266. The maximum atomic E-state index is 12.6. The summed E-state index contributed by atoms with van der Waals surface area (Å²) in [6.45, 7) is -0.0942. The third-order valence-corrected chi connectivity index (χ3v) is 5.26. The van der Waals surface area contributed by atoms with Gasteiger partial charge in [-0.1, -0.05) is 18.2 Å². The number of nitrogens with zero attached hydrogens (tertiary/aromatic N) is 2. The number of anilines is 1. The van der Waals surface area contributed by atoms with E-state index in [-0.39, 0.29) is 17.4 Å². The summed E-state index contributed by atoms with van der Waals surface area (Å²) in [5.41, 5.74) is 0.578. The standard InChI is InChI=1S/C17H20N2O4S/c1-18(2)17(20)13-23-15-9-11-16(12-10-15)24(21,22)19(3)14-7-5-4-6-8-14/h4-12H,13H2,1-3H3. The lowest BCUT2D eigenvalue weighted by atomic mass is 10.3. The van der Waals surface area contributed by atoms with Gasteiger partial charge in [0.15, 0.2) is 6.61 Å². The Hall–Kier alpha value is -2.54. The molecule has 0 saturated heterocycles. The van der Waals surface area contributed by atoms with E-state index in [1.165, 1.54) is 40.5 Å². The van der Waals surface area contributed by atoms with Crippen molar-refractivity contribution in [3.05, 3.63) is 54.6 Å². The lowest BCUT2D eigenvalue weighted by molar-refractivity contribution is -0.130. The molecule has 0 heterocycles. The van der Waals surface area contributed by atoms with Crippen molar-refractivity contribution in [2.75, 3.05) is 32.1 Å². The highest BCUT2D eigenvalue weighted by Gasteiger charge is 2.21. The molecule has 0 aliphatic heterocycles. The first kappa shape index (κ1) is 17.8. The average molecular weight is 348 g/mol. The Kier molecular flexibility index (Phi) is 5.46. The van der Waals surface area contributed by atoms with Crippen LogP contribution >= 0.6 is 0 Å². The van der Waals surface area contributed by atoms with Gasteiger partial charge < -0.3 is 9.64 Å². The van der Waals surface area contributed by atoms with Crippen molar-refractivity contribution < 1.29 is 17.9 Å². The highest BCUT2D eigenvalue weighted by molar-refractivity contribution is 7.92. The number of hydrogen-bond acceptors (Lipinski definition) is 4. The second kappa shape index (κ2) is 7.35. The molecule has 0 fully saturated rings. The molecule has 0 aliphatic carbocycles. The van der Waals surface area contributed by atoms with E-state index < -0.39 is 10.0 Å². The van der Waals surface area contributed by atoms with Gasteiger partial charge in [0.25, 0.3) is 15.9 Å². The molecule has 0 saturated carbocycles. The summed E-state index contributed by atoms with van der Waals surface area (Å²) in [6, 6.07) is 14.8. The van der Waals surface area contributed by atoms with Gasteiger partial charge in [0.1, 0.15) is 5.75 Å². The number of para-hydroxylation sites is 1. The number of rotatable bonds is 6. The zero-order valence-electron chi connectivity index (χ0n) is 13.8. The van der Waals surface area contributed by atoms with Crippen molar-refractivity contribution in [3.8, 4) is 5.75 Å². The SMILES string of the molecule is CN(C)C(=O)COc1ccc(S(=O)(=O)N(C)c2ccccc2)cc1. The molecule has 2 aromatic rings. The summed E-state index contributed by atoms with van der Waals surface area (Å²) in [6.07, 6.45) is 0. The first-order valence-corrected chi connectivity index (χ1v) is 8.73. The van der Waals surface area contributed by atoms with E-state index in [1.807, 2.05) is 6.07 Å². The van der Waals surface area contributed by atoms with Crippen LogP contribution in [0.5, 0.6) is 5.75 Å². The minimum absolute atomic E-state index is 0.0942. The second-order valence-electron chi connectivity index (χ2n) is 5.36. The van der Waals surface area contributed by atoms with Crippen molar-refractivity contribution in [1.29, 1.82) is 0 Å². The van der Waals surface area contributed by atoms with Crippen LogP contribution in [0.25, 0.3) is 0 Å². The fraction of sp³-hybridized carbons (Fsp3) is 0.235. The van der Waals surface area contributed by atoms with Gasteiger partial charge >= 0.3 is 0 Å². The molecule has 0 spiro atoms. The van der Waals surface area contributed by atoms with Crippen LogP contribution in [0, 0.1) is 0 Å². The van der Waals surface area contributed by atoms with E-state index in [9.17, 15) is 13.2 Å². The van der Waals surface area contributed by atoms with Crippen molar-refractivity contribution in [2.45, 2.75) is 4.90 Å². The summed E-state index contributed by atoms with van der Waals surface area (Å²) in [5, 5.41) is 0. The Morgan fingerprint density at radius 2 is 1.54 bits per heavy atom. The second-order valence-corrected chi connectivity index (χ2v) is 7.33. The molecule has 6 nitrogen and oxygen atoms in total. The van der Waals surface area contributed by atoms with E-state index in [4.69, 9.17) is 4.74 Å². The average Bonchev–Trinajstić information content (AvgIpc) is 2.60. The molecule has 0 N–H and O–H groups in total. The van der Waals surface area contributed by atoms with Crippen LogP contribution in [0.2, 0.25) is 0 Å². The largest absolute Gasteiger partial charge is 0.484 e. The van der Waals surface area contributed by atoms with Crippen LogP contribution < -0.4 is 9.04 Å². The zero-order valence-corrected chi connectivity index (χ0v) is 14.7. The first-order chi connectivity index (χ1) is 11.3. The Morgan fingerprint density at radius 3 is 2.08 bits per heavy atom. The van der Waals surface area contributed by atoms with E-state index in [2.05, 4.69) is 0 Å². The Balaban J connectivity index is 2.13. The fourth-order valence-corrected chi connectivity index (χ4v) is 3.11. The van der Waals surface area contributed by atoms with Crippen LogP contribution in [0.4, 0.5) is 5.69 Å². The molecule has 2 rings (SSSR count). The van der Waals surface area contributed by atoms with Crippen LogP contribution in [-0.4, -0.2) is 47.0 Å². The van der Waals surface area contributed by atoms with Gasteiger partial charge in [0.05, 0.1) is 10.6 Å². The highest BCUT2D eigenvalue weighted by Crippen LogP contribution is 2.23. The predicted octanol–water partition coefficient (Wildman–Crippen LogP) is 1.98. The van der Waals surface area contributed by atoms with Gasteiger partial charge in [-0.05, 0) is 36.4 Å². The molecule has 0 bridgehead atoms. The quantitative estimate of drug-likeness (QED) is 0.801. The lowest BCUT2D eigenvalue weighted by Crippen LogP contribution is -2.27. The maximum Gasteiger partial charge on any atom is 0.264 e. The van der Waals surface area contributed by atoms with Gasteiger partial charge in [-0.15, -0.1) is 0 Å². The normalized spacial score (nSPS) is 11.0. The van der Waals surface area contributed by atoms with Crippen molar-refractivity contribution in [1.82, 2.24) is 4.90 Å². The summed E-state index contributed by atoms with van der Waals surface area (Å²) < 4.78 is 31.8. The summed E-state index contributed by atoms with van der Waals surface area (Å²) in [4.78, 5) is 13.1. The minimum atomic E-state index is -3.65. The molecule has 0 atom stereocenters. The van der Waals surface area contributed by atoms with Crippen molar-refractivity contribution in [3.63, 3.8) is 0 Å². The first-order valence-electron chi connectivity index (χ1n) is 7.29. The lowest BCUT2D eigenvalue weighted by Gasteiger charge is -2.19. The number of likely N-dealkylation sites (N-methyl/N-ethyl adjacent to an activating group) is 1. The number of ether oxygens (including phenoxy) is 1. The molecule has 2 aromatic carbocycles. The third-order valence-electron chi connectivity index (χ3n) is 3.46. The van der Waals surface area contributed by atoms with Crippen molar-refractivity contribution in [2.24, 2.45) is 0 Å². The van der Waals surface area contributed by atoms with Crippen LogP contribution in [0.1, 0.15) is 0 Å². The molecular formula is C17H20N2O4S. The number of carbonyl (C=O) groups excluding carboxylic acids is 1. The fourth-order valence-electron chi connectivity index (χ4n) is 1.92. The van der Waals surface area contributed by atoms with E-state index in [0.717, 1.165) is 0 Å². The predicted molar refractivity (Wildman–Crippen MR) is 92.7 cm³/mol. The molecular weight excluding hydrogens is 328 g/mol. The monoisotopic (exact) mass is 348 g/mol. The van der Waals surface area contributed by atoms with Gasteiger partial charge in [-0.2, -0.15) is 0 Å². The maximum absolute atomic E-state index is 12.6. The van der Waals surface area contributed by atoms with Gasteiger partial charge in [0, 0.05) is 21.1 Å². The van der Waals surface area contributed by atoms with E-state index >= 15 is 0 Å². The number of carbonyl (C=O) groups is 1. The van der Waals surface area contributed by atoms with Crippen LogP contribution in [0.3, 0.4) is 0 Å². The smallest absolute Gasteiger partial charge is 0.264 e. The number of amides is 1. The van der Waals surface area contributed by atoms with Crippen molar-refractivity contribution >= 4 is 21.6 Å². The molecule has 0 unspecified atom stereocenters. The number of benzene rings is 2. The molecule has 0 aliphatic rings. The van der Waals surface area contributed by atoms with Crippen LogP contribution in [0.15, 0.2) is 59.5 Å². The van der Waals surface area contributed by atoms with Gasteiger partial charge in [-0.25, -0.2) is 8.42 Å². The van der Waals surface area contributed by atoms with Gasteiger partial charge in [-0.3, -0.25) is 9.10 Å². The molecule has 128 valence electrons. The summed E-state index contributed by atoms with van der Waals surface area (Å²) >= 11 is 0. The van der Waals surface area contributed by atoms with E-state index in [0.29, 0.717) is 11.4 Å². The molecule has 1 amide bonds. The minimum Gasteiger partial charge on any atom is -0.484 e. The Bertz CT molecular complexity index is 787. The third kappa shape index (κ3) is 4.05. The Labute approximate surface area is 142 Å². The zero-order chi connectivity index (χ0) is 17.7. The highest BCUT2D eigenvalue weighted by atomic mass is 32.2. The van der Waals surface area contributed by atoms with Gasteiger partial charge in [0.2, 0.25) is 0 Å². The van der Waals surface area contributed by atoms with E-state index in [1.54, 1.807) is 38.4 Å². The molecule has 0 aromatic heterocycles. The molecule has 7 heteroatoms. The number of sulfonamides is 1. The Morgan fingerprint density at radius 1 is 0.958 bits per heavy atom. The number of hydrogen-bond donors (Lipinski definition) is 0. The van der Waals surface area contributed by atoms with Crippen LogP contribution in [-0.2, 0) is 14.8 Å².